The molecule has 3 aromatic heterocycles. The quantitative estimate of drug-likeness (QED) is 0.446. The van der Waals surface area contributed by atoms with Gasteiger partial charge in [0, 0.05) is 43.7 Å². The number of halogens is 1. The molecule has 4 aromatic rings. The molecule has 0 saturated carbocycles. The third-order valence-electron chi connectivity index (χ3n) is 5.20. The molecule has 0 unspecified atom stereocenters. The SMILES string of the molecule is Cn1ccc(-c2cccc(-c3nc(N4CCOCC4)nc(Nc4cccnc4)c3Br)c2)n1. The first kappa shape index (κ1) is 20.6. The number of anilines is 3. The van der Waals surface area contributed by atoms with Gasteiger partial charge in [-0.25, -0.2) is 4.98 Å². The Balaban J connectivity index is 1.59. The number of aromatic nitrogens is 5. The third kappa shape index (κ3) is 4.35. The Kier molecular flexibility index (Phi) is 5.83. The number of rotatable bonds is 5. The first-order valence-corrected chi connectivity index (χ1v) is 11.1. The van der Waals surface area contributed by atoms with Gasteiger partial charge in [0.25, 0.3) is 0 Å². The van der Waals surface area contributed by atoms with Crippen LogP contribution in [0.1, 0.15) is 0 Å². The fraction of sp³-hybridized carbons (Fsp3) is 0.217. The van der Waals surface area contributed by atoms with Crippen LogP contribution in [-0.4, -0.2) is 51.0 Å². The minimum absolute atomic E-state index is 0.662. The van der Waals surface area contributed by atoms with E-state index in [0.29, 0.717) is 25.0 Å². The maximum absolute atomic E-state index is 5.51. The van der Waals surface area contributed by atoms with Crippen LogP contribution in [0, 0.1) is 0 Å². The largest absolute Gasteiger partial charge is 0.378 e. The third-order valence-corrected chi connectivity index (χ3v) is 5.95. The van der Waals surface area contributed by atoms with Crippen molar-refractivity contribution in [3.8, 4) is 22.5 Å². The van der Waals surface area contributed by atoms with Crippen molar-refractivity contribution in [3.63, 3.8) is 0 Å². The zero-order valence-electron chi connectivity index (χ0n) is 17.6. The van der Waals surface area contributed by atoms with Gasteiger partial charge in [0.15, 0.2) is 5.82 Å². The average molecular weight is 492 g/mol. The van der Waals surface area contributed by atoms with Crippen LogP contribution in [0.4, 0.5) is 17.5 Å². The van der Waals surface area contributed by atoms with E-state index in [4.69, 9.17) is 14.7 Å². The summed E-state index contributed by atoms with van der Waals surface area (Å²) in [6, 6.07) is 14.1. The molecule has 4 heterocycles. The van der Waals surface area contributed by atoms with E-state index in [1.165, 1.54) is 0 Å². The van der Waals surface area contributed by atoms with Gasteiger partial charge in [0.2, 0.25) is 5.95 Å². The van der Waals surface area contributed by atoms with Crippen molar-refractivity contribution in [2.24, 2.45) is 7.05 Å². The predicted octanol–water partition coefficient (Wildman–Crippen LogP) is 4.28. The summed E-state index contributed by atoms with van der Waals surface area (Å²) in [7, 11) is 1.92. The molecule has 9 heteroatoms. The Morgan fingerprint density at radius 2 is 1.88 bits per heavy atom. The Hall–Kier alpha value is -3.30. The van der Waals surface area contributed by atoms with E-state index in [-0.39, 0.29) is 0 Å². The average Bonchev–Trinajstić information content (AvgIpc) is 3.28. The second-order valence-electron chi connectivity index (χ2n) is 7.46. The number of benzene rings is 1. The first-order valence-electron chi connectivity index (χ1n) is 10.3. The first-order chi connectivity index (χ1) is 15.7. The van der Waals surface area contributed by atoms with E-state index in [0.717, 1.165) is 45.8 Å². The zero-order valence-corrected chi connectivity index (χ0v) is 19.2. The summed E-state index contributed by atoms with van der Waals surface area (Å²) in [4.78, 5) is 16.1. The van der Waals surface area contributed by atoms with Gasteiger partial charge in [0.05, 0.1) is 41.0 Å². The molecule has 1 N–H and O–H groups in total. The molecule has 8 nitrogen and oxygen atoms in total. The molecule has 1 aromatic carbocycles. The summed E-state index contributed by atoms with van der Waals surface area (Å²) in [5, 5.41) is 7.91. The van der Waals surface area contributed by atoms with Crippen molar-refractivity contribution >= 4 is 33.4 Å². The topological polar surface area (TPSA) is 81.0 Å². The molecule has 0 atom stereocenters. The molecule has 0 aliphatic carbocycles. The van der Waals surface area contributed by atoms with Crippen LogP contribution in [0.3, 0.4) is 0 Å². The van der Waals surface area contributed by atoms with Crippen LogP contribution in [0.5, 0.6) is 0 Å². The molecule has 5 rings (SSSR count). The minimum Gasteiger partial charge on any atom is -0.378 e. The van der Waals surface area contributed by atoms with Crippen LogP contribution in [0.25, 0.3) is 22.5 Å². The molecule has 1 fully saturated rings. The summed E-state index contributed by atoms with van der Waals surface area (Å²) in [6.07, 6.45) is 5.45. The van der Waals surface area contributed by atoms with Crippen LogP contribution < -0.4 is 10.2 Å². The molecular formula is C23H22BrN7O. The van der Waals surface area contributed by atoms with Gasteiger partial charge in [-0.2, -0.15) is 10.1 Å². The molecule has 0 amide bonds. The summed E-state index contributed by atoms with van der Waals surface area (Å²) in [5.74, 6) is 1.36. The summed E-state index contributed by atoms with van der Waals surface area (Å²) >= 11 is 3.75. The monoisotopic (exact) mass is 491 g/mol. The number of hydrogen-bond acceptors (Lipinski definition) is 7. The van der Waals surface area contributed by atoms with E-state index >= 15 is 0 Å². The van der Waals surface area contributed by atoms with Crippen molar-refractivity contribution in [1.29, 1.82) is 0 Å². The molecule has 32 heavy (non-hydrogen) atoms. The van der Waals surface area contributed by atoms with Crippen molar-refractivity contribution in [1.82, 2.24) is 24.7 Å². The number of nitrogens with one attached hydrogen (secondary N) is 1. The van der Waals surface area contributed by atoms with Crippen molar-refractivity contribution in [3.05, 3.63) is 65.5 Å². The Bertz CT molecular complexity index is 1220. The fourth-order valence-electron chi connectivity index (χ4n) is 3.58. The van der Waals surface area contributed by atoms with E-state index < -0.39 is 0 Å². The Morgan fingerprint density at radius 3 is 2.62 bits per heavy atom. The maximum atomic E-state index is 5.51. The summed E-state index contributed by atoms with van der Waals surface area (Å²) < 4.78 is 8.10. The maximum Gasteiger partial charge on any atom is 0.228 e. The summed E-state index contributed by atoms with van der Waals surface area (Å²) in [6.45, 7) is 2.83. The zero-order chi connectivity index (χ0) is 21.9. The van der Waals surface area contributed by atoms with E-state index in [1.54, 1.807) is 17.1 Å². The van der Waals surface area contributed by atoms with Crippen LogP contribution >= 0.6 is 15.9 Å². The highest BCUT2D eigenvalue weighted by Crippen LogP contribution is 2.36. The number of ether oxygens (including phenoxy) is 1. The van der Waals surface area contributed by atoms with Crippen LogP contribution in [0.15, 0.2) is 65.5 Å². The second kappa shape index (κ2) is 9.05. The van der Waals surface area contributed by atoms with Crippen LogP contribution in [0.2, 0.25) is 0 Å². The highest BCUT2D eigenvalue weighted by molar-refractivity contribution is 9.10. The standard InChI is InChI=1S/C23H22BrN7O/c1-30-9-7-19(29-30)16-4-2-5-17(14-16)21-20(24)22(26-18-6-3-8-25-15-18)28-23(27-21)31-10-12-32-13-11-31/h2-9,14-15H,10-13H2,1H3,(H,26,27,28). The number of pyridine rings is 1. The molecule has 1 aliphatic rings. The second-order valence-corrected chi connectivity index (χ2v) is 8.25. The van der Waals surface area contributed by atoms with Gasteiger partial charge < -0.3 is 15.0 Å². The van der Waals surface area contributed by atoms with E-state index in [1.807, 2.05) is 37.5 Å². The van der Waals surface area contributed by atoms with Crippen LogP contribution in [-0.2, 0) is 11.8 Å². The molecule has 0 radical (unpaired) electrons. The van der Waals surface area contributed by atoms with Gasteiger partial charge in [0.1, 0.15) is 0 Å². The molecular weight excluding hydrogens is 470 g/mol. The van der Waals surface area contributed by atoms with Gasteiger partial charge in [-0.1, -0.05) is 18.2 Å². The molecule has 0 bridgehead atoms. The molecule has 1 aliphatic heterocycles. The highest BCUT2D eigenvalue weighted by Gasteiger charge is 2.20. The minimum atomic E-state index is 0.662. The normalized spacial score (nSPS) is 13.9. The predicted molar refractivity (Wildman–Crippen MR) is 128 cm³/mol. The molecule has 1 saturated heterocycles. The lowest BCUT2D eigenvalue weighted by atomic mass is 10.1. The lowest BCUT2D eigenvalue weighted by Crippen LogP contribution is -2.37. The smallest absolute Gasteiger partial charge is 0.228 e. The van der Waals surface area contributed by atoms with Gasteiger partial charge >= 0.3 is 0 Å². The number of hydrogen-bond donors (Lipinski definition) is 1. The summed E-state index contributed by atoms with van der Waals surface area (Å²) in [5.41, 5.74) is 4.59. The number of morpholine rings is 1. The fourth-order valence-corrected chi connectivity index (χ4v) is 4.09. The molecule has 162 valence electrons. The molecule has 0 spiro atoms. The number of nitrogens with zero attached hydrogens (tertiary/aromatic N) is 6. The van der Waals surface area contributed by atoms with E-state index in [2.05, 4.69) is 54.4 Å². The highest BCUT2D eigenvalue weighted by atomic mass is 79.9. The lowest BCUT2D eigenvalue weighted by Gasteiger charge is -2.28. The number of aryl methyl sites for hydroxylation is 1. The Labute approximate surface area is 194 Å². The van der Waals surface area contributed by atoms with Gasteiger partial charge in [-0.15, -0.1) is 0 Å². The van der Waals surface area contributed by atoms with Crippen molar-refractivity contribution in [2.45, 2.75) is 0 Å². The van der Waals surface area contributed by atoms with Gasteiger partial charge in [-0.3, -0.25) is 9.67 Å². The van der Waals surface area contributed by atoms with Gasteiger partial charge in [-0.05, 0) is 40.2 Å². The lowest BCUT2D eigenvalue weighted by molar-refractivity contribution is 0.122. The van der Waals surface area contributed by atoms with Crippen molar-refractivity contribution < 1.29 is 4.74 Å². The van der Waals surface area contributed by atoms with Crippen molar-refractivity contribution in [2.75, 3.05) is 36.5 Å². The Morgan fingerprint density at radius 1 is 1.03 bits per heavy atom. The van der Waals surface area contributed by atoms with E-state index in [9.17, 15) is 0 Å².